The minimum absolute atomic E-state index is 0.343. The highest BCUT2D eigenvalue weighted by atomic mass is 16.4. The summed E-state index contributed by atoms with van der Waals surface area (Å²) in [4.78, 5) is 10.2. The van der Waals surface area contributed by atoms with E-state index in [2.05, 4.69) is 28.0 Å². The lowest BCUT2D eigenvalue weighted by Crippen LogP contribution is -2.57. The minimum Gasteiger partial charge on any atom is -0.481 e. The fourth-order valence-electron chi connectivity index (χ4n) is 3.85. The number of allylic oxidation sites excluding steroid dienone is 1. The molecule has 2 aliphatic heterocycles. The maximum absolute atomic E-state index is 10.2. The molecule has 0 amide bonds. The SMILES string of the molecule is C1=CNN(N2NC(c3ccccc3)=NN2c2ccccc2)N=C1.CCCCCCCCCCCC(=O)O. The number of carboxylic acid groups (broad SMARTS) is 1. The van der Waals surface area contributed by atoms with Crippen molar-refractivity contribution in [2.45, 2.75) is 71.1 Å². The monoisotopic (exact) mass is 505 g/mol. The van der Waals surface area contributed by atoms with E-state index >= 15 is 0 Å². The Balaban J connectivity index is 0.000000236. The van der Waals surface area contributed by atoms with Gasteiger partial charge < -0.3 is 5.11 Å². The van der Waals surface area contributed by atoms with Gasteiger partial charge in [-0.05, 0) is 24.6 Å². The van der Waals surface area contributed by atoms with Crippen LogP contribution in [0.1, 0.15) is 76.7 Å². The summed E-state index contributed by atoms with van der Waals surface area (Å²) in [5.74, 6) is 0.0777. The van der Waals surface area contributed by atoms with Crippen LogP contribution in [0.2, 0.25) is 0 Å². The normalized spacial score (nSPS) is 14.5. The number of hydrogen-bond donors (Lipinski definition) is 3. The van der Waals surface area contributed by atoms with Crippen molar-refractivity contribution in [2.75, 3.05) is 5.12 Å². The Kier molecular flexibility index (Phi) is 12.0. The van der Waals surface area contributed by atoms with Crippen LogP contribution in [-0.4, -0.2) is 33.6 Å². The van der Waals surface area contributed by atoms with Crippen LogP contribution >= 0.6 is 0 Å². The van der Waals surface area contributed by atoms with Crippen LogP contribution in [0.3, 0.4) is 0 Å². The molecule has 2 aromatic carbocycles. The highest BCUT2D eigenvalue weighted by molar-refractivity contribution is 6.00. The Bertz CT molecular complexity index is 1010. The summed E-state index contributed by atoms with van der Waals surface area (Å²) in [6.45, 7) is 2.23. The zero-order valence-electron chi connectivity index (χ0n) is 21.7. The fraction of sp³-hybridized carbons (Fsp3) is 0.393. The van der Waals surface area contributed by atoms with Crippen molar-refractivity contribution in [3.63, 3.8) is 0 Å². The van der Waals surface area contributed by atoms with Gasteiger partial charge in [0.05, 0.1) is 11.9 Å². The van der Waals surface area contributed by atoms with Crippen LogP contribution in [-0.2, 0) is 4.79 Å². The molecular formula is C28H39N7O2. The van der Waals surface area contributed by atoms with Gasteiger partial charge in [0, 0.05) is 23.4 Å². The average Bonchev–Trinajstić information content (AvgIpc) is 3.40. The quantitative estimate of drug-likeness (QED) is 0.295. The maximum Gasteiger partial charge on any atom is 0.303 e. The summed E-state index contributed by atoms with van der Waals surface area (Å²) in [5.41, 5.74) is 8.19. The van der Waals surface area contributed by atoms with Crippen LogP contribution in [0.5, 0.6) is 0 Å². The van der Waals surface area contributed by atoms with Gasteiger partial charge in [0.25, 0.3) is 0 Å². The Morgan fingerprint density at radius 2 is 1.49 bits per heavy atom. The zero-order valence-corrected chi connectivity index (χ0v) is 21.7. The molecule has 9 nitrogen and oxygen atoms in total. The molecule has 4 rings (SSSR count). The number of para-hydroxylation sites is 1. The van der Waals surface area contributed by atoms with E-state index in [9.17, 15) is 4.79 Å². The first-order valence-corrected chi connectivity index (χ1v) is 13.2. The molecule has 9 heteroatoms. The first-order valence-electron chi connectivity index (χ1n) is 13.2. The molecule has 0 fully saturated rings. The lowest BCUT2D eigenvalue weighted by atomic mass is 10.1. The Labute approximate surface area is 220 Å². The van der Waals surface area contributed by atoms with Gasteiger partial charge in [0.2, 0.25) is 0 Å². The number of aliphatic carboxylic acids is 1. The van der Waals surface area contributed by atoms with Gasteiger partial charge in [-0.1, -0.05) is 112 Å². The number of unbranched alkanes of at least 4 members (excludes halogenated alkanes) is 8. The molecule has 3 N–H and O–H groups in total. The summed E-state index contributed by atoms with van der Waals surface area (Å²) in [6.07, 6.45) is 16.8. The summed E-state index contributed by atoms with van der Waals surface area (Å²) in [5, 5.41) is 22.4. The van der Waals surface area contributed by atoms with Gasteiger partial charge >= 0.3 is 5.97 Å². The third-order valence-corrected chi connectivity index (χ3v) is 5.84. The van der Waals surface area contributed by atoms with E-state index in [1.807, 2.05) is 66.7 Å². The van der Waals surface area contributed by atoms with Crippen molar-refractivity contribution in [1.29, 1.82) is 0 Å². The van der Waals surface area contributed by atoms with E-state index in [0.29, 0.717) is 6.42 Å². The minimum atomic E-state index is -0.659. The Morgan fingerprint density at radius 1 is 0.865 bits per heavy atom. The lowest BCUT2D eigenvalue weighted by molar-refractivity contribution is -0.137. The Hall–Kier alpha value is -3.85. The standard InChI is InChI=1S/C16H15N7.C12H24O2/c1-3-8-14(9-4-1)16-19-21(15-10-5-2-6-11-15)23(20-16)22-17-12-7-13-18-22;1-2-3-4-5-6-7-8-9-10-11-12(13)14/h1-13,17H,(H,19,20);2-11H2,1H3,(H,13,14). The van der Waals surface area contributed by atoms with Gasteiger partial charge in [0.1, 0.15) is 0 Å². The van der Waals surface area contributed by atoms with Crippen LogP contribution in [0, 0.1) is 0 Å². The van der Waals surface area contributed by atoms with Crippen molar-refractivity contribution in [2.24, 2.45) is 10.2 Å². The fourth-order valence-corrected chi connectivity index (χ4v) is 3.85. The van der Waals surface area contributed by atoms with E-state index in [-0.39, 0.29) is 0 Å². The predicted molar refractivity (Wildman–Crippen MR) is 149 cm³/mol. The molecular weight excluding hydrogens is 466 g/mol. The van der Waals surface area contributed by atoms with Crippen LogP contribution in [0.15, 0.2) is 83.1 Å². The van der Waals surface area contributed by atoms with E-state index in [0.717, 1.165) is 29.9 Å². The number of benzene rings is 2. The van der Waals surface area contributed by atoms with Gasteiger partial charge in [0.15, 0.2) is 5.84 Å². The second-order valence-electron chi connectivity index (χ2n) is 8.86. The van der Waals surface area contributed by atoms with E-state index < -0.39 is 5.97 Å². The van der Waals surface area contributed by atoms with Crippen LogP contribution in [0.25, 0.3) is 0 Å². The average molecular weight is 506 g/mol. The molecule has 0 radical (unpaired) electrons. The third-order valence-electron chi connectivity index (χ3n) is 5.84. The topological polar surface area (TPSA) is 95.8 Å². The first kappa shape index (κ1) is 27.7. The molecule has 0 atom stereocenters. The van der Waals surface area contributed by atoms with E-state index in [4.69, 9.17) is 5.11 Å². The van der Waals surface area contributed by atoms with Crippen molar-refractivity contribution in [1.82, 2.24) is 21.3 Å². The van der Waals surface area contributed by atoms with Gasteiger partial charge in [-0.25, -0.2) is 0 Å². The molecule has 0 bridgehead atoms. The van der Waals surface area contributed by atoms with E-state index in [1.165, 1.54) is 44.9 Å². The molecule has 2 aromatic rings. The number of hydrogen-bond acceptors (Lipinski definition) is 8. The van der Waals surface area contributed by atoms with Crippen LogP contribution < -0.4 is 16.0 Å². The molecule has 0 spiro atoms. The number of carbonyl (C=O) groups is 1. The Morgan fingerprint density at radius 3 is 2.08 bits per heavy atom. The van der Waals surface area contributed by atoms with Gasteiger partial charge in [-0.2, -0.15) is 5.12 Å². The summed E-state index contributed by atoms with van der Waals surface area (Å²) in [7, 11) is 0. The number of hydrazone groups is 2. The number of rotatable bonds is 13. The summed E-state index contributed by atoms with van der Waals surface area (Å²) >= 11 is 0. The highest BCUT2D eigenvalue weighted by Crippen LogP contribution is 2.21. The molecule has 0 aromatic heterocycles. The molecule has 2 aliphatic rings. The summed E-state index contributed by atoms with van der Waals surface area (Å²) in [6, 6.07) is 19.8. The number of anilines is 1. The summed E-state index contributed by atoms with van der Waals surface area (Å²) < 4.78 is 0. The van der Waals surface area contributed by atoms with E-state index in [1.54, 1.807) is 28.0 Å². The van der Waals surface area contributed by atoms with Gasteiger partial charge in [-0.3, -0.25) is 15.6 Å². The number of carboxylic acids is 1. The second-order valence-corrected chi connectivity index (χ2v) is 8.86. The highest BCUT2D eigenvalue weighted by Gasteiger charge is 2.30. The smallest absolute Gasteiger partial charge is 0.303 e. The molecule has 2 heterocycles. The number of nitrogens with one attached hydrogen (secondary N) is 2. The number of amidine groups is 1. The van der Waals surface area contributed by atoms with Crippen LogP contribution in [0.4, 0.5) is 5.69 Å². The van der Waals surface area contributed by atoms with Crippen molar-refractivity contribution < 1.29 is 9.90 Å². The molecule has 0 unspecified atom stereocenters. The number of hydrazine groups is 4. The van der Waals surface area contributed by atoms with Gasteiger partial charge in [-0.15, -0.1) is 10.2 Å². The van der Waals surface area contributed by atoms with Crippen molar-refractivity contribution >= 4 is 23.7 Å². The molecule has 198 valence electrons. The molecule has 0 saturated carbocycles. The number of nitrogens with zero attached hydrogens (tertiary/aromatic N) is 5. The van der Waals surface area contributed by atoms with Crippen molar-refractivity contribution in [3.8, 4) is 0 Å². The third kappa shape index (κ3) is 9.61. The predicted octanol–water partition coefficient (Wildman–Crippen LogP) is 5.82. The maximum atomic E-state index is 10.2. The zero-order chi connectivity index (χ0) is 26.1. The van der Waals surface area contributed by atoms with Crippen molar-refractivity contribution in [3.05, 3.63) is 78.5 Å². The molecule has 0 aliphatic carbocycles. The molecule has 37 heavy (non-hydrogen) atoms. The molecule has 0 saturated heterocycles. The first-order chi connectivity index (χ1) is 18.2. The second kappa shape index (κ2) is 16.0. The largest absolute Gasteiger partial charge is 0.481 e. The lowest BCUT2D eigenvalue weighted by Gasteiger charge is -2.33.